The molecule has 1 aromatic heterocycles. The van der Waals surface area contributed by atoms with Crippen LogP contribution in [0.2, 0.25) is 0 Å². The molecule has 1 aromatic carbocycles. The first-order chi connectivity index (χ1) is 13.0. The molecule has 1 aliphatic carbocycles. The zero-order valence-electron chi connectivity index (χ0n) is 16.1. The molecule has 7 heteroatoms. The van der Waals surface area contributed by atoms with E-state index < -0.39 is 17.6 Å². The second-order valence-corrected chi connectivity index (χ2v) is 7.94. The fraction of sp³-hybridized carbons (Fsp3) is 0.600. The maximum Gasteiger partial charge on any atom is 0.320 e. The number of benzene rings is 1. The summed E-state index contributed by atoms with van der Waals surface area (Å²) in [5.41, 5.74) is 2.83. The van der Waals surface area contributed by atoms with E-state index >= 15 is 0 Å². The first-order valence-corrected chi connectivity index (χ1v) is 9.89. The van der Waals surface area contributed by atoms with E-state index in [2.05, 4.69) is 46.4 Å². The number of likely N-dealkylation sites (tertiary alicyclic amines) is 1. The van der Waals surface area contributed by atoms with Gasteiger partial charge in [0.1, 0.15) is 6.04 Å². The molecule has 1 atom stereocenters. The molecule has 1 saturated carbocycles. The predicted molar refractivity (Wildman–Crippen MR) is 101 cm³/mol. The Labute approximate surface area is 159 Å². The fourth-order valence-corrected chi connectivity index (χ4v) is 5.08. The molecule has 1 saturated heterocycles. The summed E-state index contributed by atoms with van der Waals surface area (Å²) in [6, 6.07) is 5.72. The zero-order chi connectivity index (χ0) is 19.0. The summed E-state index contributed by atoms with van der Waals surface area (Å²) in [5, 5.41) is 22.7. The smallest absolute Gasteiger partial charge is 0.320 e. The summed E-state index contributed by atoms with van der Waals surface area (Å²) in [7, 11) is 0. The number of para-hydroxylation sites is 1. The minimum atomic E-state index is -0.733. The second-order valence-electron chi connectivity index (χ2n) is 7.94. The van der Waals surface area contributed by atoms with Crippen molar-refractivity contribution in [1.82, 2.24) is 25.1 Å². The zero-order valence-corrected chi connectivity index (χ0v) is 16.1. The van der Waals surface area contributed by atoms with Gasteiger partial charge in [0.25, 0.3) is 0 Å². The molecule has 4 rings (SSSR count). The van der Waals surface area contributed by atoms with Gasteiger partial charge in [-0.15, -0.1) is 5.10 Å². The van der Waals surface area contributed by atoms with Gasteiger partial charge in [-0.3, -0.25) is 9.69 Å². The maximum absolute atomic E-state index is 11.9. The van der Waals surface area contributed by atoms with Crippen LogP contribution in [0, 0.1) is 13.8 Å². The fourth-order valence-electron chi connectivity index (χ4n) is 5.08. The Morgan fingerprint density at radius 2 is 1.85 bits per heavy atom. The molecule has 2 heterocycles. The Morgan fingerprint density at radius 1 is 1.15 bits per heavy atom. The van der Waals surface area contributed by atoms with Crippen molar-refractivity contribution in [2.75, 3.05) is 6.54 Å². The molecule has 2 aromatic rings. The highest BCUT2D eigenvalue weighted by molar-refractivity contribution is 5.74. The molecule has 0 spiro atoms. The van der Waals surface area contributed by atoms with Crippen LogP contribution in [-0.4, -0.2) is 48.8 Å². The second kappa shape index (κ2) is 7.03. The number of tetrazole rings is 1. The molecule has 0 amide bonds. The number of nitrogens with zero attached hydrogens (tertiary/aromatic N) is 5. The Morgan fingerprint density at radius 3 is 2.52 bits per heavy atom. The molecule has 1 aliphatic heterocycles. The number of carbonyl (C=O) groups is 1. The van der Waals surface area contributed by atoms with E-state index in [4.69, 9.17) is 0 Å². The summed E-state index contributed by atoms with van der Waals surface area (Å²) < 4.78 is 1.87. The summed E-state index contributed by atoms with van der Waals surface area (Å²) in [4.78, 5) is 14.1. The van der Waals surface area contributed by atoms with Crippen LogP contribution in [0.3, 0.4) is 0 Å². The molecule has 0 radical (unpaired) electrons. The molecule has 1 N–H and O–H groups in total. The van der Waals surface area contributed by atoms with Gasteiger partial charge in [-0.1, -0.05) is 37.5 Å². The van der Waals surface area contributed by atoms with E-state index in [1.807, 2.05) is 10.7 Å². The first kappa shape index (κ1) is 18.1. The van der Waals surface area contributed by atoms with Crippen molar-refractivity contribution < 1.29 is 9.90 Å². The molecular formula is C20H27N5O2. The van der Waals surface area contributed by atoms with Crippen molar-refractivity contribution >= 4 is 5.97 Å². The third kappa shape index (κ3) is 2.94. The third-order valence-corrected chi connectivity index (χ3v) is 6.31. The van der Waals surface area contributed by atoms with Crippen LogP contribution in [0.4, 0.5) is 0 Å². The molecule has 2 fully saturated rings. The van der Waals surface area contributed by atoms with Crippen molar-refractivity contribution in [1.29, 1.82) is 0 Å². The highest BCUT2D eigenvalue weighted by Crippen LogP contribution is 2.45. The van der Waals surface area contributed by atoms with Crippen molar-refractivity contribution in [2.45, 2.75) is 70.4 Å². The van der Waals surface area contributed by atoms with Gasteiger partial charge in [-0.2, -0.15) is 4.68 Å². The van der Waals surface area contributed by atoms with Gasteiger partial charge in [0.15, 0.2) is 5.82 Å². The highest BCUT2D eigenvalue weighted by Gasteiger charge is 2.50. The number of carboxylic acid groups (broad SMARTS) is 1. The van der Waals surface area contributed by atoms with Crippen LogP contribution in [0.25, 0.3) is 5.69 Å². The number of aryl methyl sites for hydroxylation is 2. The monoisotopic (exact) mass is 369 g/mol. The van der Waals surface area contributed by atoms with Gasteiger partial charge in [0.05, 0.1) is 11.2 Å². The van der Waals surface area contributed by atoms with E-state index in [1.165, 1.54) is 6.42 Å². The highest BCUT2D eigenvalue weighted by atomic mass is 16.4. The van der Waals surface area contributed by atoms with Crippen LogP contribution >= 0.6 is 0 Å². The minimum Gasteiger partial charge on any atom is -0.480 e. The Kier molecular flexibility index (Phi) is 4.72. The van der Waals surface area contributed by atoms with Crippen LogP contribution in [0.5, 0.6) is 0 Å². The number of carboxylic acids is 1. The van der Waals surface area contributed by atoms with Crippen molar-refractivity contribution in [2.24, 2.45) is 0 Å². The molecular weight excluding hydrogens is 342 g/mol. The molecule has 1 unspecified atom stereocenters. The third-order valence-electron chi connectivity index (χ3n) is 6.31. The molecule has 2 aliphatic rings. The summed E-state index contributed by atoms with van der Waals surface area (Å²) >= 11 is 0. The van der Waals surface area contributed by atoms with Crippen LogP contribution in [0.15, 0.2) is 18.2 Å². The largest absolute Gasteiger partial charge is 0.480 e. The lowest BCUT2D eigenvalue weighted by molar-refractivity contribution is -0.145. The first-order valence-electron chi connectivity index (χ1n) is 9.89. The lowest BCUT2D eigenvalue weighted by atomic mass is 9.78. The predicted octanol–water partition coefficient (Wildman–Crippen LogP) is 2.99. The van der Waals surface area contributed by atoms with Gasteiger partial charge in [-0.25, -0.2) is 0 Å². The molecule has 144 valence electrons. The van der Waals surface area contributed by atoms with Gasteiger partial charge in [0, 0.05) is 6.54 Å². The quantitative estimate of drug-likeness (QED) is 0.892. The summed E-state index contributed by atoms with van der Waals surface area (Å²) in [6.45, 7) is 4.92. The SMILES string of the molecule is Cc1cccc(C)c1-n1nnnc1C1(N2CCCC2C(=O)O)CCCCC1. The lowest BCUT2D eigenvalue weighted by Crippen LogP contribution is -2.53. The topological polar surface area (TPSA) is 84.1 Å². The molecule has 7 nitrogen and oxygen atoms in total. The van der Waals surface area contributed by atoms with E-state index in [0.29, 0.717) is 6.42 Å². The van der Waals surface area contributed by atoms with Gasteiger partial charge < -0.3 is 5.11 Å². The maximum atomic E-state index is 11.9. The standard InChI is InChI=1S/C20H27N5O2/c1-14-8-6-9-15(2)17(14)25-19(21-22-23-25)20(11-4-3-5-12-20)24-13-7-10-16(24)18(26)27/h6,8-9,16H,3-5,7,10-13H2,1-2H3,(H,26,27). The van der Waals surface area contributed by atoms with Crippen LogP contribution < -0.4 is 0 Å². The van der Waals surface area contributed by atoms with E-state index in [0.717, 1.165) is 61.3 Å². The molecule has 27 heavy (non-hydrogen) atoms. The normalized spacial score (nSPS) is 22.8. The summed E-state index contributed by atoms with van der Waals surface area (Å²) in [5.74, 6) is 0.0660. The van der Waals surface area contributed by atoms with Gasteiger partial charge >= 0.3 is 5.97 Å². The van der Waals surface area contributed by atoms with E-state index in [1.54, 1.807) is 0 Å². The van der Waals surface area contributed by atoms with Crippen molar-refractivity contribution in [3.63, 3.8) is 0 Å². The van der Waals surface area contributed by atoms with E-state index in [9.17, 15) is 9.90 Å². The summed E-state index contributed by atoms with van der Waals surface area (Å²) in [6.07, 6.45) is 6.74. The Bertz CT molecular complexity index is 820. The Balaban J connectivity index is 1.86. The molecule has 0 bridgehead atoms. The number of hydrogen-bond donors (Lipinski definition) is 1. The van der Waals surface area contributed by atoms with E-state index in [-0.39, 0.29) is 0 Å². The number of hydrogen-bond acceptors (Lipinski definition) is 5. The van der Waals surface area contributed by atoms with Crippen molar-refractivity contribution in [3.8, 4) is 5.69 Å². The van der Waals surface area contributed by atoms with Crippen molar-refractivity contribution in [3.05, 3.63) is 35.2 Å². The Hall–Kier alpha value is -2.28. The number of aromatic nitrogens is 4. The van der Waals surface area contributed by atoms with Gasteiger partial charge in [-0.05, 0) is 61.1 Å². The minimum absolute atomic E-state index is 0.407. The van der Waals surface area contributed by atoms with Crippen LogP contribution in [-0.2, 0) is 10.3 Å². The average molecular weight is 369 g/mol. The number of aliphatic carboxylic acids is 1. The van der Waals surface area contributed by atoms with Crippen LogP contribution in [0.1, 0.15) is 61.9 Å². The average Bonchev–Trinajstić information content (AvgIpc) is 3.32. The van der Waals surface area contributed by atoms with Gasteiger partial charge in [0.2, 0.25) is 0 Å². The lowest BCUT2D eigenvalue weighted by Gasteiger charge is -2.45. The number of rotatable bonds is 4.